The largest absolute Gasteiger partial charge is 0.481 e. The van der Waals surface area contributed by atoms with Crippen LogP contribution in [0.25, 0.3) is 22.0 Å². The summed E-state index contributed by atoms with van der Waals surface area (Å²) >= 11 is 3.36. The average molecular weight is 1330 g/mol. The van der Waals surface area contributed by atoms with Gasteiger partial charge in [0.15, 0.2) is 5.78 Å². The minimum Gasteiger partial charge on any atom is -0.481 e. The predicted octanol–water partition coefficient (Wildman–Crippen LogP) is 6.56. The third kappa shape index (κ3) is 25.0. The monoisotopic (exact) mass is 1330 g/mol. The number of likely N-dealkylation sites (tertiary alicyclic amines) is 1. The second-order valence-electron chi connectivity index (χ2n) is 23.4. The lowest BCUT2D eigenvalue weighted by Crippen LogP contribution is -2.47. The van der Waals surface area contributed by atoms with Crippen LogP contribution in [0.1, 0.15) is 157 Å². The number of ether oxygens (including phenoxy) is 4. The Bertz CT molecular complexity index is 3070. The number of carboxylic acid groups (broad SMARTS) is 2. The number of carbonyl (C=O) groups is 9. The molecule has 4 atom stereocenters. The Balaban J connectivity index is 0.773. The van der Waals surface area contributed by atoms with Gasteiger partial charge in [-0.3, -0.25) is 43.0 Å². The number of piperidine rings is 1. The maximum absolute atomic E-state index is 14.5. The summed E-state index contributed by atoms with van der Waals surface area (Å²) in [6, 6.07) is 6.60. The third-order valence-electron chi connectivity index (χ3n) is 16.1. The lowest BCUT2D eigenvalue weighted by Gasteiger charge is -2.27. The molecule has 27 heteroatoms. The van der Waals surface area contributed by atoms with E-state index in [-0.39, 0.29) is 158 Å². The molecule has 4 aromatic rings. The quantitative estimate of drug-likeness (QED) is 0.0140. The topological polar surface area (TPSA) is 351 Å². The fourth-order valence-electron chi connectivity index (χ4n) is 11.0. The van der Waals surface area contributed by atoms with Crippen LogP contribution in [-0.2, 0) is 63.8 Å². The number of ketones is 1. The first-order valence-electron chi connectivity index (χ1n) is 31.7. The minimum atomic E-state index is -1.20. The summed E-state index contributed by atoms with van der Waals surface area (Å²) in [5, 5.41) is 37.2. The molecular formula is C64H90BrN11O15. The smallest absolute Gasteiger partial charge is 0.326 e. The number of aliphatic carboxylic acids is 2. The van der Waals surface area contributed by atoms with Crippen LogP contribution in [-0.4, -0.2) is 184 Å². The first-order chi connectivity index (χ1) is 43.8. The van der Waals surface area contributed by atoms with Gasteiger partial charge in [0.2, 0.25) is 35.4 Å². The molecule has 3 aromatic heterocycles. The van der Waals surface area contributed by atoms with Gasteiger partial charge in [0.05, 0.1) is 45.2 Å². The van der Waals surface area contributed by atoms with Gasteiger partial charge >= 0.3 is 11.9 Å². The van der Waals surface area contributed by atoms with E-state index in [1.54, 1.807) is 36.4 Å². The number of Topliss-reactive ketones (excluding diaryl/α,β-unsaturated/α-hetero) is 1. The number of hydrogen-bond acceptors (Lipinski definition) is 17. The van der Waals surface area contributed by atoms with Crippen molar-refractivity contribution in [2.75, 3.05) is 77.8 Å². The summed E-state index contributed by atoms with van der Waals surface area (Å²) in [4.78, 5) is 128. The van der Waals surface area contributed by atoms with E-state index < -0.39 is 35.3 Å². The van der Waals surface area contributed by atoms with Gasteiger partial charge in [0.1, 0.15) is 53.8 Å². The molecule has 0 spiro atoms. The number of rotatable bonds is 46. The van der Waals surface area contributed by atoms with E-state index in [9.17, 15) is 48.3 Å². The fourth-order valence-corrected chi connectivity index (χ4v) is 11.3. The standard InChI is InChI=1S/C64H90BrN11O15/c1-43-20-24-53(65)72-61(43)73-62(85)51-35-64(36-52(64)76(51)58(82)39-75-50-23-21-46(47-37-68-45(3)69-38-47)34-48(50)60(74-75)44(2)77)42-70-57(81)41-91-33-31-89-29-27-67-56(80)40-90-32-30-88-28-26-66-54(78)25-22-49(63(86)87)71-55(79)18-16-14-12-10-8-6-4-5-7-9-11-13-15-17-19-59(83)84/h20-21,23-24,34,37-38,49,51-52H,4-19,22,25-33,35-36,39-42H2,1-3H3,(H,66,78)(H,67,80)(H,70,81)(H,71,79)(H,83,84)(H,86,87)(H,72,73,85)/t49-,51-,52+,64-/m0/s1. The molecule has 1 aliphatic carbocycles. The SMILES string of the molecule is CC(=O)c1nn(CC(=O)N2[C@H](C(=O)Nc3nc(Br)ccc3C)C[C@@]3(CNC(=O)COCCOCCNC(=O)COCCOCCNC(=O)CC[C@H](NC(=O)CCCCCCCCCCCCCCCCC(=O)O)C(=O)O)C[C@@H]23)c2ccc(-c3cnc(C)nc3)cc12. The van der Waals surface area contributed by atoms with Gasteiger partial charge in [-0.1, -0.05) is 89.2 Å². The van der Waals surface area contributed by atoms with Gasteiger partial charge in [0, 0.05) is 80.6 Å². The minimum absolute atomic E-state index is 0.0512. The van der Waals surface area contributed by atoms with Crippen molar-refractivity contribution in [1.29, 1.82) is 0 Å². The number of anilines is 1. The van der Waals surface area contributed by atoms with Gasteiger partial charge in [-0.15, -0.1) is 0 Å². The van der Waals surface area contributed by atoms with Crippen molar-refractivity contribution in [3.63, 3.8) is 0 Å². The first-order valence-corrected chi connectivity index (χ1v) is 32.5. The van der Waals surface area contributed by atoms with E-state index in [4.69, 9.17) is 24.1 Å². The lowest BCUT2D eigenvalue weighted by atomic mass is 9.99. The molecule has 0 bridgehead atoms. The zero-order chi connectivity index (χ0) is 65.5. The fraction of sp³-hybridized carbons (Fsp3) is 0.609. The van der Waals surface area contributed by atoms with Crippen LogP contribution >= 0.6 is 15.9 Å². The van der Waals surface area contributed by atoms with Crippen molar-refractivity contribution in [2.24, 2.45) is 5.41 Å². The Hall–Kier alpha value is -7.33. The summed E-state index contributed by atoms with van der Waals surface area (Å²) in [7, 11) is 0. The summed E-state index contributed by atoms with van der Waals surface area (Å²) in [5.74, 6) is -3.52. The van der Waals surface area contributed by atoms with Crippen LogP contribution in [0, 0.1) is 19.3 Å². The molecule has 1 saturated carbocycles. The van der Waals surface area contributed by atoms with Crippen LogP contribution in [0.4, 0.5) is 5.82 Å². The van der Waals surface area contributed by atoms with E-state index >= 15 is 0 Å². The van der Waals surface area contributed by atoms with E-state index in [1.807, 2.05) is 25.1 Å². The molecule has 1 aromatic carbocycles. The number of pyridine rings is 1. The number of carbonyl (C=O) groups excluding carboxylic acids is 7. The zero-order valence-corrected chi connectivity index (χ0v) is 54.2. The van der Waals surface area contributed by atoms with Crippen LogP contribution < -0.4 is 26.6 Å². The summed E-state index contributed by atoms with van der Waals surface area (Å²) < 4.78 is 23.9. The van der Waals surface area contributed by atoms with Crippen molar-refractivity contribution in [3.05, 3.63) is 64.4 Å². The van der Waals surface area contributed by atoms with E-state index in [0.29, 0.717) is 40.0 Å². The molecule has 2 fully saturated rings. The molecule has 0 unspecified atom stereocenters. The van der Waals surface area contributed by atoms with Gasteiger partial charge in [-0.2, -0.15) is 5.10 Å². The molecule has 1 saturated heterocycles. The summed E-state index contributed by atoms with van der Waals surface area (Å²) in [6.45, 7) is 5.74. The molecule has 498 valence electrons. The number of carboxylic acids is 2. The number of nitrogens with one attached hydrogen (secondary N) is 5. The van der Waals surface area contributed by atoms with Gasteiger partial charge in [0.25, 0.3) is 0 Å². The van der Waals surface area contributed by atoms with Gasteiger partial charge < -0.3 is 60.6 Å². The predicted molar refractivity (Wildman–Crippen MR) is 340 cm³/mol. The zero-order valence-electron chi connectivity index (χ0n) is 52.7. The molecule has 26 nitrogen and oxygen atoms in total. The Morgan fingerprint density at radius 2 is 1.23 bits per heavy atom. The van der Waals surface area contributed by atoms with Gasteiger partial charge in [-0.25, -0.2) is 19.7 Å². The van der Waals surface area contributed by atoms with Crippen molar-refractivity contribution in [1.82, 2.24) is 50.9 Å². The third-order valence-corrected chi connectivity index (χ3v) is 16.6. The number of hydrogen-bond donors (Lipinski definition) is 7. The lowest BCUT2D eigenvalue weighted by molar-refractivity contribution is -0.142. The second kappa shape index (κ2) is 38.5. The van der Waals surface area contributed by atoms with Gasteiger partial charge in [-0.05, 0) is 91.2 Å². The van der Waals surface area contributed by atoms with Crippen molar-refractivity contribution < 1.29 is 72.3 Å². The molecule has 1 aliphatic heterocycles. The maximum Gasteiger partial charge on any atom is 0.326 e. The molecule has 4 heterocycles. The average Bonchev–Trinajstić information content (AvgIpc) is 1.54. The van der Waals surface area contributed by atoms with E-state index in [2.05, 4.69) is 62.6 Å². The van der Waals surface area contributed by atoms with Crippen LogP contribution in [0.2, 0.25) is 0 Å². The Kier molecular flexibility index (Phi) is 30.8. The van der Waals surface area contributed by atoms with Crippen molar-refractivity contribution >= 4 is 85.8 Å². The highest BCUT2D eigenvalue weighted by molar-refractivity contribution is 9.10. The summed E-state index contributed by atoms with van der Waals surface area (Å²) in [5.41, 5.74) is 2.43. The second-order valence-corrected chi connectivity index (χ2v) is 24.2. The molecule has 6 amide bonds. The Morgan fingerprint density at radius 3 is 1.82 bits per heavy atom. The highest BCUT2D eigenvalue weighted by Gasteiger charge is 2.67. The normalized spacial score (nSPS) is 16.0. The molecule has 6 rings (SSSR count). The van der Waals surface area contributed by atoms with Crippen LogP contribution in [0.15, 0.2) is 47.3 Å². The number of fused-ring (bicyclic) bond motifs is 2. The number of unbranched alkanes of at least 4 members (excludes halogenated alkanes) is 13. The van der Waals surface area contributed by atoms with Crippen molar-refractivity contribution in [2.45, 2.75) is 174 Å². The number of amides is 6. The highest BCUT2D eigenvalue weighted by Crippen LogP contribution is 2.59. The van der Waals surface area contributed by atoms with E-state index in [1.165, 1.54) is 43.7 Å². The maximum atomic E-state index is 14.5. The van der Waals surface area contributed by atoms with E-state index in [0.717, 1.165) is 68.1 Å². The number of aromatic nitrogens is 5. The first kappa shape index (κ1) is 72.7. The molecule has 0 radical (unpaired) electrons. The molecular weight excluding hydrogens is 1240 g/mol. The van der Waals surface area contributed by atoms with Crippen molar-refractivity contribution in [3.8, 4) is 11.1 Å². The summed E-state index contributed by atoms with van der Waals surface area (Å²) in [6.07, 6.45) is 19.4. The van der Waals surface area contributed by atoms with Crippen LogP contribution in [0.5, 0.6) is 0 Å². The number of nitrogens with zero attached hydrogens (tertiary/aromatic N) is 6. The molecule has 7 N–H and O–H groups in total. The number of halogens is 1. The molecule has 2 aliphatic rings. The van der Waals surface area contributed by atoms with Crippen LogP contribution in [0.3, 0.4) is 0 Å². The Morgan fingerprint density at radius 1 is 0.659 bits per heavy atom. The molecule has 91 heavy (non-hydrogen) atoms. The highest BCUT2D eigenvalue weighted by atomic mass is 79.9. The number of aryl methyl sites for hydroxylation is 2. The Labute approximate surface area is 539 Å². The number of benzene rings is 1.